The lowest BCUT2D eigenvalue weighted by Crippen LogP contribution is -2.49. The van der Waals surface area contributed by atoms with Crippen LogP contribution in [-0.2, 0) is 9.59 Å². The van der Waals surface area contributed by atoms with Crippen LogP contribution < -0.4 is 5.73 Å². The summed E-state index contributed by atoms with van der Waals surface area (Å²) in [5.74, 6) is -0.522. The highest BCUT2D eigenvalue weighted by molar-refractivity contribution is 5.87. The second-order valence-electron chi connectivity index (χ2n) is 8.18. The van der Waals surface area contributed by atoms with Gasteiger partial charge in [-0.3, -0.25) is 9.69 Å². The normalized spacial score (nSPS) is 30.4. The summed E-state index contributed by atoms with van der Waals surface area (Å²) in [6.07, 6.45) is 10.9. The van der Waals surface area contributed by atoms with E-state index in [0.29, 0.717) is 25.3 Å². The summed E-state index contributed by atoms with van der Waals surface area (Å²) >= 11 is 0. The van der Waals surface area contributed by atoms with E-state index in [2.05, 4.69) is 4.90 Å². The first kappa shape index (κ1) is 18.6. The number of nitrogens with zero attached hydrogens (tertiary/aromatic N) is 2. The Morgan fingerprint density at radius 1 is 1.04 bits per heavy atom. The minimum atomic E-state index is -0.891. The zero-order valence-electron chi connectivity index (χ0n) is 15.2. The van der Waals surface area contributed by atoms with Gasteiger partial charge in [0, 0.05) is 12.6 Å². The molecule has 2 saturated heterocycles. The number of hydrogen-bond acceptors (Lipinski definition) is 4. The number of carbonyl (C=O) groups excluding carboxylic acids is 1. The number of aliphatic carboxylic acids is 1. The Morgan fingerprint density at radius 2 is 1.68 bits per heavy atom. The molecule has 2 aliphatic heterocycles. The first-order chi connectivity index (χ1) is 12.1. The molecule has 3 atom stereocenters. The number of carbonyl (C=O) groups is 2. The van der Waals surface area contributed by atoms with Crippen molar-refractivity contribution in [3.05, 3.63) is 0 Å². The maximum Gasteiger partial charge on any atom is 0.326 e. The van der Waals surface area contributed by atoms with Crippen molar-refractivity contribution >= 4 is 11.9 Å². The summed E-state index contributed by atoms with van der Waals surface area (Å²) in [6, 6.07) is -1.09. The summed E-state index contributed by atoms with van der Waals surface area (Å²) in [5.41, 5.74) is 6.22. The van der Waals surface area contributed by atoms with E-state index in [1.54, 1.807) is 4.90 Å². The Kier molecular flexibility index (Phi) is 6.34. The van der Waals surface area contributed by atoms with Crippen molar-refractivity contribution in [3.63, 3.8) is 0 Å². The Balaban J connectivity index is 1.61. The van der Waals surface area contributed by atoms with Gasteiger partial charge in [-0.05, 0) is 44.7 Å². The molecule has 0 aromatic carbocycles. The van der Waals surface area contributed by atoms with Gasteiger partial charge in [-0.1, -0.05) is 38.5 Å². The van der Waals surface area contributed by atoms with Crippen LogP contribution in [0.1, 0.15) is 64.2 Å². The molecule has 142 valence electrons. The third kappa shape index (κ3) is 4.53. The summed E-state index contributed by atoms with van der Waals surface area (Å²) in [6.45, 7) is 2.56. The lowest BCUT2D eigenvalue weighted by molar-refractivity contribution is -0.148. The topological polar surface area (TPSA) is 86.9 Å². The third-order valence-electron chi connectivity index (χ3n) is 6.38. The second-order valence-corrected chi connectivity index (χ2v) is 8.18. The highest BCUT2D eigenvalue weighted by Crippen LogP contribution is 2.29. The average Bonchev–Trinajstić information content (AvgIpc) is 3.08. The number of piperidine rings is 1. The monoisotopic (exact) mass is 351 g/mol. The van der Waals surface area contributed by atoms with Crippen molar-refractivity contribution in [2.45, 2.75) is 82.3 Å². The van der Waals surface area contributed by atoms with E-state index >= 15 is 0 Å². The zero-order chi connectivity index (χ0) is 17.8. The van der Waals surface area contributed by atoms with Gasteiger partial charge >= 0.3 is 5.97 Å². The van der Waals surface area contributed by atoms with Crippen molar-refractivity contribution in [2.75, 3.05) is 19.6 Å². The molecule has 1 aliphatic carbocycles. The predicted octanol–water partition coefficient (Wildman–Crippen LogP) is 1.82. The van der Waals surface area contributed by atoms with E-state index in [1.807, 2.05) is 0 Å². The number of carboxylic acids is 1. The largest absolute Gasteiger partial charge is 0.480 e. The van der Waals surface area contributed by atoms with Crippen LogP contribution >= 0.6 is 0 Å². The molecule has 3 aliphatic rings. The van der Waals surface area contributed by atoms with Crippen molar-refractivity contribution < 1.29 is 14.7 Å². The smallest absolute Gasteiger partial charge is 0.326 e. The number of hydrogen-bond donors (Lipinski definition) is 2. The molecule has 3 rings (SSSR count). The van der Waals surface area contributed by atoms with E-state index in [4.69, 9.17) is 5.73 Å². The Morgan fingerprint density at radius 3 is 2.32 bits per heavy atom. The van der Waals surface area contributed by atoms with Crippen molar-refractivity contribution in [3.8, 4) is 0 Å². The van der Waals surface area contributed by atoms with E-state index in [-0.39, 0.29) is 11.9 Å². The van der Waals surface area contributed by atoms with Crippen LogP contribution in [0.3, 0.4) is 0 Å². The van der Waals surface area contributed by atoms with E-state index in [0.717, 1.165) is 25.9 Å². The van der Waals surface area contributed by atoms with Gasteiger partial charge in [-0.2, -0.15) is 0 Å². The van der Waals surface area contributed by atoms with Crippen LogP contribution in [0.4, 0.5) is 0 Å². The predicted molar refractivity (Wildman–Crippen MR) is 96.1 cm³/mol. The molecule has 0 radical (unpaired) electrons. The van der Waals surface area contributed by atoms with Gasteiger partial charge in [-0.25, -0.2) is 4.79 Å². The third-order valence-corrected chi connectivity index (χ3v) is 6.38. The van der Waals surface area contributed by atoms with Crippen LogP contribution in [0.15, 0.2) is 0 Å². The molecular weight excluding hydrogens is 318 g/mol. The lowest BCUT2D eigenvalue weighted by atomic mass is 9.84. The SMILES string of the molecule is NC(CC1CCCCC1)C(=O)N1C[C@H](N2CCCCC2)C[C@H]1C(=O)O. The van der Waals surface area contributed by atoms with Gasteiger partial charge in [0.25, 0.3) is 0 Å². The Hall–Kier alpha value is -1.14. The first-order valence-electron chi connectivity index (χ1n) is 10.1. The summed E-state index contributed by atoms with van der Waals surface area (Å²) in [7, 11) is 0. The molecule has 6 heteroatoms. The molecule has 3 fully saturated rings. The van der Waals surface area contributed by atoms with Gasteiger partial charge < -0.3 is 15.7 Å². The number of carboxylic acid groups (broad SMARTS) is 1. The quantitative estimate of drug-likeness (QED) is 0.789. The maximum atomic E-state index is 12.9. The summed E-state index contributed by atoms with van der Waals surface area (Å²) in [5, 5.41) is 9.60. The number of rotatable bonds is 5. The molecule has 0 aromatic rings. The van der Waals surface area contributed by atoms with Crippen LogP contribution in [0.5, 0.6) is 0 Å². The molecule has 25 heavy (non-hydrogen) atoms. The fourth-order valence-electron chi connectivity index (χ4n) is 4.94. The van der Waals surface area contributed by atoms with Gasteiger partial charge in [0.2, 0.25) is 5.91 Å². The summed E-state index contributed by atoms with van der Waals surface area (Å²) < 4.78 is 0. The summed E-state index contributed by atoms with van der Waals surface area (Å²) in [4.78, 5) is 28.5. The molecular formula is C19H33N3O3. The second kappa shape index (κ2) is 8.49. The number of amides is 1. The van der Waals surface area contributed by atoms with Crippen LogP contribution in [0.25, 0.3) is 0 Å². The van der Waals surface area contributed by atoms with Crippen molar-refractivity contribution in [2.24, 2.45) is 11.7 Å². The Labute approximate surface area is 150 Å². The van der Waals surface area contributed by atoms with Crippen LogP contribution in [-0.4, -0.2) is 64.5 Å². The Bertz CT molecular complexity index is 473. The van der Waals surface area contributed by atoms with E-state index < -0.39 is 18.1 Å². The highest BCUT2D eigenvalue weighted by atomic mass is 16.4. The van der Waals surface area contributed by atoms with Gasteiger partial charge in [-0.15, -0.1) is 0 Å². The van der Waals surface area contributed by atoms with Crippen LogP contribution in [0, 0.1) is 5.92 Å². The molecule has 1 amide bonds. The molecule has 1 saturated carbocycles. The lowest BCUT2D eigenvalue weighted by Gasteiger charge is -2.32. The molecule has 6 nitrogen and oxygen atoms in total. The fraction of sp³-hybridized carbons (Fsp3) is 0.895. The minimum Gasteiger partial charge on any atom is -0.480 e. The molecule has 2 heterocycles. The van der Waals surface area contributed by atoms with Gasteiger partial charge in [0.1, 0.15) is 6.04 Å². The minimum absolute atomic E-state index is 0.155. The molecule has 1 unspecified atom stereocenters. The first-order valence-corrected chi connectivity index (χ1v) is 10.1. The van der Waals surface area contributed by atoms with Crippen molar-refractivity contribution in [1.29, 1.82) is 0 Å². The van der Waals surface area contributed by atoms with Gasteiger partial charge in [0.15, 0.2) is 0 Å². The molecule has 3 N–H and O–H groups in total. The average molecular weight is 351 g/mol. The van der Waals surface area contributed by atoms with E-state index in [1.165, 1.54) is 38.5 Å². The van der Waals surface area contributed by atoms with Crippen LogP contribution in [0.2, 0.25) is 0 Å². The van der Waals surface area contributed by atoms with Crippen molar-refractivity contribution in [1.82, 2.24) is 9.80 Å². The van der Waals surface area contributed by atoms with E-state index in [9.17, 15) is 14.7 Å². The zero-order valence-corrected chi connectivity index (χ0v) is 15.2. The standard InChI is InChI=1S/C19H33N3O3/c20-16(11-14-7-3-1-4-8-14)18(23)22-13-15(12-17(22)19(24)25)21-9-5-2-6-10-21/h14-17H,1-13,20H2,(H,24,25)/t15-,16?,17+/m1/s1. The molecule has 0 bridgehead atoms. The number of nitrogens with two attached hydrogens (primary N) is 1. The molecule has 0 aromatic heterocycles. The molecule has 0 spiro atoms. The maximum absolute atomic E-state index is 12.9. The highest BCUT2D eigenvalue weighted by Gasteiger charge is 2.43. The fourth-order valence-corrected chi connectivity index (χ4v) is 4.94. The van der Waals surface area contributed by atoms with Gasteiger partial charge in [0.05, 0.1) is 6.04 Å². The number of likely N-dealkylation sites (tertiary alicyclic amines) is 2.